The van der Waals surface area contributed by atoms with Crippen molar-refractivity contribution in [2.45, 2.75) is 18.9 Å². The van der Waals surface area contributed by atoms with Crippen LogP contribution in [-0.2, 0) is 0 Å². The van der Waals surface area contributed by atoms with Gasteiger partial charge in [0.1, 0.15) is 11.3 Å². The van der Waals surface area contributed by atoms with Gasteiger partial charge in [0.25, 0.3) is 0 Å². The molecule has 180 valence electrons. The summed E-state index contributed by atoms with van der Waals surface area (Å²) in [5, 5.41) is 9.24. The monoisotopic (exact) mass is 485 g/mol. The molecule has 3 aromatic rings. The van der Waals surface area contributed by atoms with Crippen LogP contribution in [0.1, 0.15) is 12.8 Å². The van der Waals surface area contributed by atoms with Gasteiger partial charge in [-0.05, 0) is 38.1 Å². The van der Waals surface area contributed by atoms with Crippen LogP contribution in [0.5, 0.6) is 17.2 Å². The highest BCUT2D eigenvalue weighted by molar-refractivity contribution is 7.78. The van der Waals surface area contributed by atoms with E-state index in [1.54, 1.807) is 51.8 Å². The molecule has 11 nitrogen and oxygen atoms in total. The molecule has 1 aliphatic rings. The number of hydrogen-bond donors (Lipinski definition) is 4. The summed E-state index contributed by atoms with van der Waals surface area (Å²) in [5.74, 6) is 2.33. The number of carbonyl (C=O) groups is 1. The molecule has 12 heteroatoms. The Balaban J connectivity index is 1.53. The van der Waals surface area contributed by atoms with Gasteiger partial charge in [-0.15, -0.1) is 0 Å². The summed E-state index contributed by atoms with van der Waals surface area (Å²) < 4.78 is 17.6. The highest BCUT2D eigenvalue weighted by Gasteiger charge is 2.23. The number of amides is 2. The van der Waals surface area contributed by atoms with Gasteiger partial charge < -0.3 is 24.8 Å². The molecule has 1 saturated heterocycles. The van der Waals surface area contributed by atoms with Crippen LogP contribution in [0.15, 0.2) is 30.5 Å². The molecule has 1 aromatic carbocycles. The van der Waals surface area contributed by atoms with Gasteiger partial charge in [0.2, 0.25) is 5.75 Å². The first-order chi connectivity index (χ1) is 16.5. The number of methoxy groups -OCH3 is 3. The zero-order valence-electron chi connectivity index (χ0n) is 19.2. The van der Waals surface area contributed by atoms with Crippen molar-refractivity contribution in [1.29, 1.82) is 0 Å². The molecule has 34 heavy (non-hydrogen) atoms. The second kappa shape index (κ2) is 10.6. The summed E-state index contributed by atoms with van der Waals surface area (Å²) in [4.78, 5) is 26.0. The average Bonchev–Trinajstić information content (AvgIpc) is 2.87. The molecule has 0 saturated carbocycles. The van der Waals surface area contributed by atoms with Gasteiger partial charge in [-0.2, -0.15) is 0 Å². The number of piperidine rings is 1. The number of urea groups is 1. The maximum absolute atomic E-state index is 12.6. The van der Waals surface area contributed by atoms with Gasteiger partial charge >= 0.3 is 6.03 Å². The van der Waals surface area contributed by atoms with E-state index in [4.69, 9.17) is 14.2 Å². The van der Waals surface area contributed by atoms with Crippen LogP contribution in [0.3, 0.4) is 0 Å². The van der Waals surface area contributed by atoms with Crippen LogP contribution in [0.25, 0.3) is 11.2 Å². The number of fused-ring (bicyclic) bond motifs is 1. The van der Waals surface area contributed by atoms with Gasteiger partial charge in [0, 0.05) is 23.9 Å². The predicted octanol–water partition coefficient (Wildman–Crippen LogP) is 3.22. The number of carbonyl (C=O) groups excluding carboxylic acids is 1. The third kappa shape index (κ3) is 5.18. The molecule has 0 spiro atoms. The van der Waals surface area contributed by atoms with E-state index in [0.717, 1.165) is 25.9 Å². The summed E-state index contributed by atoms with van der Waals surface area (Å²) in [5.41, 5.74) is 1.64. The molecule has 0 radical (unpaired) electrons. The molecule has 0 aliphatic carbocycles. The van der Waals surface area contributed by atoms with Crippen LogP contribution in [0, 0.1) is 0 Å². The molecule has 2 amide bonds. The van der Waals surface area contributed by atoms with Gasteiger partial charge in [0.05, 0.1) is 27.5 Å². The number of thiol groups is 1. The normalized spacial score (nSPS) is 13.9. The molecule has 2 aromatic heterocycles. The summed E-state index contributed by atoms with van der Waals surface area (Å²) >= 11 is 4.39. The fourth-order valence-electron chi connectivity index (χ4n) is 3.71. The molecule has 1 fully saturated rings. The lowest BCUT2D eigenvalue weighted by Gasteiger charge is -2.30. The minimum absolute atomic E-state index is 0.0686. The number of nitrogens with one attached hydrogen (secondary N) is 3. The maximum Gasteiger partial charge on any atom is 0.333 e. The van der Waals surface area contributed by atoms with Crippen LogP contribution in [0.2, 0.25) is 0 Å². The van der Waals surface area contributed by atoms with Crippen LogP contribution < -0.4 is 30.2 Å². The third-order valence-electron chi connectivity index (χ3n) is 5.44. The van der Waals surface area contributed by atoms with E-state index >= 15 is 0 Å². The second-order valence-electron chi connectivity index (χ2n) is 7.59. The average molecular weight is 486 g/mol. The van der Waals surface area contributed by atoms with Crippen LogP contribution >= 0.6 is 12.8 Å². The van der Waals surface area contributed by atoms with Crippen molar-refractivity contribution in [3.05, 3.63) is 30.5 Å². The predicted molar refractivity (Wildman–Crippen MR) is 132 cm³/mol. The first-order valence-corrected chi connectivity index (χ1v) is 11.1. The van der Waals surface area contributed by atoms with E-state index in [0.29, 0.717) is 45.7 Å². The lowest BCUT2D eigenvalue weighted by Crippen LogP contribution is -2.43. The Morgan fingerprint density at radius 2 is 1.74 bits per heavy atom. The SMILES string of the molecule is COc1cc(Nc2cnc3ccc(NC(=O)N(S)C4CCNCC4)nc3n2)cc(OC)c1OC. The fourth-order valence-corrected chi connectivity index (χ4v) is 3.99. The number of aromatic nitrogens is 3. The number of anilines is 3. The van der Waals surface area contributed by atoms with Crippen molar-refractivity contribution in [2.24, 2.45) is 0 Å². The smallest absolute Gasteiger partial charge is 0.333 e. The van der Waals surface area contributed by atoms with Crippen molar-refractivity contribution >= 4 is 47.3 Å². The molecule has 0 atom stereocenters. The van der Waals surface area contributed by atoms with Crippen molar-refractivity contribution in [3.63, 3.8) is 0 Å². The molecule has 1 aliphatic heterocycles. The molecule has 0 bridgehead atoms. The maximum atomic E-state index is 12.6. The molecular formula is C22H27N7O4S. The van der Waals surface area contributed by atoms with E-state index in [9.17, 15) is 4.79 Å². The Morgan fingerprint density at radius 1 is 1.06 bits per heavy atom. The Kier molecular flexibility index (Phi) is 7.38. The van der Waals surface area contributed by atoms with E-state index < -0.39 is 0 Å². The summed E-state index contributed by atoms with van der Waals surface area (Å²) in [6, 6.07) is 6.70. The number of pyridine rings is 1. The van der Waals surface area contributed by atoms with E-state index in [1.165, 1.54) is 4.31 Å². The zero-order chi connectivity index (χ0) is 24.1. The fraction of sp³-hybridized carbons (Fsp3) is 0.364. The van der Waals surface area contributed by atoms with Gasteiger partial charge in [-0.3, -0.25) is 9.62 Å². The minimum Gasteiger partial charge on any atom is -0.493 e. The zero-order valence-corrected chi connectivity index (χ0v) is 20.1. The van der Waals surface area contributed by atoms with E-state index in [-0.39, 0.29) is 12.1 Å². The molecule has 0 unspecified atom stereocenters. The van der Waals surface area contributed by atoms with Crippen molar-refractivity contribution in [1.82, 2.24) is 24.6 Å². The number of nitrogens with zero attached hydrogens (tertiary/aromatic N) is 4. The van der Waals surface area contributed by atoms with E-state index in [2.05, 4.69) is 43.7 Å². The summed E-state index contributed by atoms with van der Waals surface area (Å²) in [6.07, 6.45) is 3.30. The Labute approximate surface area is 202 Å². The van der Waals surface area contributed by atoms with Gasteiger partial charge in [-0.25, -0.2) is 19.7 Å². The van der Waals surface area contributed by atoms with Crippen LogP contribution in [-0.4, -0.2) is 65.7 Å². The summed E-state index contributed by atoms with van der Waals surface area (Å²) in [6.45, 7) is 1.72. The molecular weight excluding hydrogens is 458 g/mol. The standard InChI is InChI=1S/C22H27N7O4S/c1-31-16-10-13(11-17(32-2)20(16)33-3)25-19-12-24-15-4-5-18(26-21(15)27-19)28-22(30)29(34)14-6-8-23-9-7-14/h4-5,10-12,14,23,34H,6-9H2,1-3H3,(H2,25,26,27,28,30). The Bertz CT molecular complexity index is 1150. The lowest BCUT2D eigenvalue weighted by atomic mass is 10.1. The van der Waals surface area contributed by atoms with E-state index in [1.807, 2.05) is 0 Å². The Morgan fingerprint density at radius 3 is 2.38 bits per heavy atom. The highest BCUT2D eigenvalue weighted by atomic mass is 32.1. The first-order valence-electron chi connectivity index (χ1n) is 10.7. The quantitative estimate of drug-likeness (QED) is 0.374. The van der Waals surface area contributed by atoms with Gasteiger partial charge in [-0.1, -0.05) is 12.8 Å². The minimum atomic E-state index is -0.332. The number of hydrogen-bond acceptors (Lipinski definition) is 10. The first kappa shape index (κ1) is 23.6. The molecule has 4 rings (SSSR count). The molecule has 3 heterocycles. The van der Waals surface area contributed by atoms with Crippen molar-refractivity contribution in [3.8, 4) is 17.2 Å². The lowest BCUT2D eigenvalue weighted by molar-refractivity contribution is 0.221. The number of benzene rings is 1. The summed E-state index contributed by atoms with van der Waals surface area (Å²) in [7, 11) is 4.64. The second-order valence-corrected chi connectivity index (χ2v) is 8.02. The van der Waals surface area contributed by atoms with Crippen molar-refractivity contribution < 1.29 is 19.0 Å². The highest BCUT2D eigenvalue weighted by Crippen LogP contribution is 2.40. The van der Waals surface area contributed by atoms with Crippen molar-refractivity contribution in [2.75, 3.05) is 45.1 Å². The number of rotatable bonds is 7. The largest absolute Gasteiger partial charge is 0.493 e. The Hall–Kier alpha value is -3.51. The number of ether oxygens (including phenoxy) is 3. The van der Waals surface area contributed by atoms with Crippen LogP contribution in [0.4, 0.5) is 22.1 Å². The molecule has 3 N–H and O–H groups in total. The topological polar surface area (TPSA) is 123 Å². The van der Waals surface area contributed by atoms with Gasteiger partial charge in [0.15, 0.2) is 23.0 Å². The third-order valence-corrected chi connectivity index (χ3v) is 5.95.